The summed E-state index contributed by atoms with van der Waals surface area (Å²) in [7, 11) is 0. The molecule has 2 aromatic rings. The highest BCUT2D eigenvalue weighted by Crippen LogP contribution is 2.38. The van der Waals surface area contributed by atoms with E-state index >= 15 is 0 Å². The summed E-state index contributed by atoms with van der Waals surface area (Å²) in [5.41, 5.74) is 2.19. The lowest BCUT2D eigenvalue weighted by atomic mass is 9.95. The third-order valence-electron chi connectivity index (χ3n) is 5.01. The first-order valence-corrected chi connectivity index (χ1v) is 8.58. The van der Waals surface area contributed by atoms with Crippen LogP contribution >= 0.6 is 0 Å². The van der Waals surface area contributed by atoms with Crippen molar-refractivity contribution in [1.29, 1.82) is 0 Å². The number of fused-ring (bicyclic) bond motifs is 1. The molecule has 0 bridgehead atoms. The molecule has 0 atom stereocenters. The van der Waals surface area contributed by atoms with Crippen molar-refractivity contribution in [2.24, 2.45) is 0 Å². The highest BCUT2D eigenvalue weighted by atomic mass is 19.4. The normalized spacial score (nSPS) is 18.0. The number of aromatic nitrogens is 2. The predicted octanol–water partition coefficient (Wildman–Crippen LogP) is 4.37. The molecule has 1 aromatic carbocycles. The first-order chi connectivity index (χ1) is 11.6. The van der Waals surface area contributed by atoms with Gasteiger partial charge in [0.15, 0.2) is 5.69 Å². The van der Waals surface area contributed by atoms with Crippen LogP contribution in [0.4, 0.5) is 18.9 Å². The van der Waals surface area contributed by atoms with Crippen LogP contribution in [0.2, 0.25) is 0 Å². The minimum Gasteiger partial charge on any atom is -0.370 e. The van der Waals surface area contributed by atoms with Crippen molar-refractivity contribution in [3.8, 4) is 5.69 Å². The molecule has 1 aliphatic heterocycles. The summed E-state index contributed by atoms with van der Waals surface area (Å²) in [4.78, 5) is 2.25. The summed E-state index contributed by atoms with van der Waals surface area (Å²) < 4.78 is 41.8. The van der Waals surface area contributed by atoms with Crippen molar-refractivity contribution >= 4 is 5.69 Å². The number of nitrogens with zero attached hydrogens (tertiary/aromatic N) is 3. The Hall–Kier alpha value is -1.98. The second-order valence-electron chi connectivity index (χ2n) is 6.57. The summed E-state index contributed by atoms with van der Waals surface area (Å²) in [5, 5.41) is 4.03. The molecule has 0 radical (unpaired) electrons. The molecule has 1 aliphatic carbocycles. The van der Waals surface area contributed by atoms with Gasteiger partial charge in [-0.3, -0.25) is 0 Å². The van der Waals surface area contributed by atoms with E-state index < -0.39 is 11.9 Å². The molecule has 2 heterocycles. The van der Waals surface area contributed by atoms with Crippen LogP contribution in [0, 0.1) is 0 Å². The number of rotatable bonds is 2. The van der Waals surface area contributed by atoms with E-state index in [1.54, 1.807) is 4.68 Å². The van der Waals surface area contributed by atoms with Crippen molar-refractivity contribution < 1.29 is 13.2 Å². The number of halogens is 3. The zero-order chi connectivity index (χ0) is 16.7. The fraction of sp³-hybridized carbons (Fsp3) is 0.500. The van der Waals surface area contributed by atoms with Gasteiger partial charge in [-0.05, 0) is 50.7 Å². The molecule has 1 saturated heterocycles. The maximum atomic E-state index is 13.4. The number of hydrogen-bond donors (Lipinski definition) is 0. The Bertz CT molecular complexity index is 742. The van der Waals surface area contributed by atoms with E-state index in [-0.39, 0.29) is 0 Å². The third-order valence-corrected chi connectivity index (χ3v) is 5.01. The van der Waals surface area contributed by atoms with E-state index in [4.69, 9.17) is 0 Å². The minimum absolute atomic E-state index is 0.393. The molecule has 6 heteroatoms. The average molecular weight is 335 g/mol. The highest BCUT2D eigenvalue weighted by molar-refractivity contribution is 5.64. The van der Waals surface area contributed by atoms with Crippen LogP contribution in [0.25, 0.3) is 5.69 Å². The molecule has 1 fully saturated rings. The van der Waals surface area contributed by atoms with Gasteiger partial charge in [-0.15, -0.1) is 0 Å². The van der Waals surface area contributed by atoms with Gasteiger partial charge in [-0.2, -0.15) is 18.3 Å². The largest absolute Gasteiger partial charge is 0.435 e. The van der Waals surface area contributed by atoms with Crippen LogP contribution in [-0.4, -0.2) is 22.9 Å². The number of anilines is 1. The van der Waals surface area contributed by atoms with Gasteiger partial charge in [0.1, 0.15) is 0 Å². The van der Waals surface area contributed by atoms with Crippen LogP contribution in [0.5, 0.6) is 0 Å². The summed E-state index contributed by atoms with van der Waals surface area (Å²) in [6.07, 6.45) is 0.703. The number of alkyl halides is 3. The molecular formula is C18H20F3N3. The fourth-order valence-corrected chi connectivity index (χ4v) is 3.89. The fourth-order valence-electron chi connectivity index (χ4n) is 3.89. The second kappa shape index (κ2) is 5.83. The van der Waals surface area contributed by atoms with Crippen molar-refractivity contribution in [3.63, 3.8) is 0 Å². The van der Waals surface area contributed by atoms with Gasteiger partial charge < -0.3 is 4.90 Å². The zero-order valence-electron chi connectivity index (χ0n) is 13.4. The summed E-state index contributed by atoms with van der Waals surface area (Å²) in [6.45, 7) is 1.90. The Labute approximate surface area is 139 Å². The molecule has 0 N–H and O–H groups in total. The van der Waals surface area contributed by atoms with Crippen LogP contribution < -0.4 is 4.90 Å². The van der Waals surface area contributed by atoms with Crippen LogP contribution in [0.15, 0.2) is 24.3 Å². The molecule has 0 unspecified atom stereocenters. The Balaban J connectivity index is 1.87. The third kappa shape index (κ3) is 2.58. The maximum absolute atomic E-state index is 13.4. The Kier molecular flexibility index (Phi) is 3.77. The van der Waals surface area contributed by atoms with Gasteiger partial charge in [-0.25, -0.2) is 4.68 Å². The predicted molar refractivity (Wildman–Crippen MR) is 86.7 cm³/mol. The SMILES string of the molecule is FC(F)(F)c1nn(-c2ccccc2N2CCCC2)c2c1CCCC2. The van der Waals surface area contributed by atoms with Gasteiger partial charge in [0.25, 0.3) is 0 Å². The summed E-state index contributed by atoms with van der Waals surface area (Å²) >= 11 is 0. The van der Waals surface area contributed by atoms with Crippen LogP contribution in [0.3, 0.4) is 0 Å². The van der Waals surface area contributed by atoms with E-state index in [1.165, 1.54) is 0 Å². The lowest BCUT2D eigenvalue weighted by Gasteiger charge is -2.22. The van der Waals surface area contributed by atoms with Gasteiger partial charge >= 0.3 is 6.18 Å². The molecule has 4 rings (SSSR count). The number of para-hydroxylation sites is 2. The first-order valence-electron chi connectivity index (χ1n) is 8.58. The van der Waals surface area contributed by atoms with Gasteiger partial charge in [0, 0.05) is 24.3 Å². The molecule has 0 amide bonds. The molecule has 0 spiro atoms. The standard InChI is InChI=1S/C18H20F3N3/c19-18(20,21)17-13-7-1-2-8-14(13)24(22-17)16-10-4-3-9-15(16)23-11-5-6-12-23/h3-4,9-10H,1-2,5-8,11-12H2. The van der Waals surface area contributed by atoms with Gasteiger partial charge in [0.05, 0.1) is 11.4 Å². The Morgan fingerprint density at radius 3 is 2.25 bits per heavy atom. The first kappa shape index (κ1) is 15.5. The number of benzene rings is 1. The summed E-state index contributed by atoms with van der Waals surface area (Å²) in [5.74, 6) is 0. The minimum atomic E-state index is -4.39. The Morgan fingerprint density at radius 1 is 0.875 bits per heavy atom. The summed E-state index contributed by atoms with van der Waals surface area (Å²) in [6, 6.07) is 7.69. The van der Waals surface area contributed by atoms with Gasteiger partial charge in [-0.1, -0.05) is 12.1 Å². The van der Waals surface area contributed by atoms with Crippen molar-refractivity contribution in [2.75, 3.05) is 18.0 Å². The smallest absolute Gasteiger partial charge is 0.370 e. The van der Waals surface area contributed by atoms with Crippen LogP contribution in [-0.2, 0) is 19.0 Å². The molecular weight excluding hydrogens is 315 g/mol. The van der Waals surface area contributed by atoms with Crippen molar-refractivity contribution in [3.05, 3.63) is 41.2 Å². The van der Waals surface area contributed by atoms with E-state index in [1.807, 2.05) is 24.3 Å². The molecule has 128 valence electrons. The maximum Gasteiger partial charge on any atom is 0.435 e. The average Bonchev–Trinajstić information content (AvgIpc) is 3.22. The lowest BCUT2D eigenvalue weighted by molar-refractivity contribution is -0.142. The quantitative estimate of drug-likeness (QED) is 0.812. The van der Waals surface area contributed by atoms with Crippen molar-refractivity contribution in [2.45, 2.75) is 44.7 Å². The molecule has 3 nitrogen and oxygen atoms in total. The molecule has 1 aromatic heterocycles. The molecule has 2 aliphatic rings. The monoisotopic (exact) mass is 335 g/mol. The Morgan fingerprint density at radius 2 is 1.54 bits per heavy atom. The van der Waals surface area contributed by atoms with Crippen molar-refractivity contribution in [1.82, 2.24) is 9.78 Å². The van der Waals surface area contributed by atoms with E-state index in [2.05, 4.69) is 10.00 Å². The van der Waals surface area contributed by atoms with Gasteiger partial charge in [0.2, 0.25) is 0 Å². The van der Waals surface area contributed by atoms with Crippen LogP contribution in [0.1, 0.15) is 42.6 Å². The lowest BCUT2D eigenvalue weighted by Crippen LogP contribution is -2.20. The topological polar surface area (TPSA) is 21.1 Å². The van der Waals surface area contributed by atoms with E-state index in [0.29, 0.717) is 18.4 Å². The van der Waals surface area contributed by atoms with E-state index in [0.717, 1.165) is 55.8 Å². The number of hydrogen-bond acceptors (Lipinski definition) is 2. The molecule has 24 heavy (non-hydrogen) atoms. The van der Waals surface area contributed by atoms with E-state index in [9.17, 15) is 13.2 Å². The second-order valence-corrected chi connectivity index (χ2v) is 6.57. The highest BCUT2D eigenvalue weighted by Gasteiger charge is 2.40. The molecule has 0 saturated carbocycles. The zero-order valence-corrected chi connectivity index (χ0v) is 13.4.